The van der Waals surface area contributed by atoms with Gasteiger partial charge in [-0.2, -0.15) is 0 Å². The van der Waals surface area contributed by atoms with Crippen molar-refractivity contribution >= 4 is 12.0 Å². The van der Waals surface area contributed by atoms with Gasteiger partial charge in [0.05, 0.1) is 0 Å². The maximum atomic E-state index is 11.1. The van der Waals surface area contributed by atoms with Crippen molar-refractivity contribution in [3.05, 3.63) is 0 Å². The summed E-state index contributed by atoms with van der Waals surface area (Å²) < 4.78 is 0. The minimum Gasteiger partial charge on any atom is -0.529 e. The molecule has 0 saturated carbocycles. The van der Waals surface area contributed by atoms with E-state index in [9.17, 15) is 14.7 Å². The monoisotopic (exact) mass is 171 g/mol. The average molecular weight is 171 g/mol. The number of carbonyl (C=O) groups is 2. The van der Waals surface area contributed by atoms with Crippen LogP contribution in [0.3, 0.4) is 0 Å². The van der Waals surface area contributed by atoms with Gasteiger partial charge in [0.25, 0.3) is 0 Å². The van der Waals surface area contributed by atoms with Crippen molar-refractivity contribution < 1.29 is 14.7 Å². The first-order chi connectivity index (χ1) is 5.70. The average Bonchev–Trinajstić information content (AvgIpc) is 2.16. The summed E-state index contributed by atoms with van der Waals surface area (Å²) in [6, 6.07) is 0. The zero-order valence-electron chi connectivity index (χ0n) is 6.71. The zero-order valence-corrected chi connectivity index (χ0v) is 6.71. The lowest BCUT2D eigenvalue weighted by Crippen LogP contribution is -2.50. The maximum Gasteiger partial charge on any atom is 0.240 e. The number of nitrogens with one attached hydrogen (secondary N) is 1. The normalized spacial score (nSPS) is 18.7. The molecular formula is C7H11N2O3-. The highest BCUT2D eigenvalue weighted by molar-refractivity contribution is 5.78. The Morgan fingerprint density at radius 3 is 2.83 bits per heavy atom. The molecule has 1 saturated heterocycles. The van der Waals surface area contributed by atoms with E-state index in [-0.39, 0.29) is 5.91 Å². The quantitative estimate of drug-likeness (QED) is 0.563. The number of hydrogen-bond donors (Lipinski definition) is 1. The zero-order chi connectivity index (χ0) is 8.97. The highest BCUT2D eigenvalue weighted by Crippen LogP contribution is 2.08. The number of rotatable bonds is 1. The fourth-order valence-corrected chi connectivity index (χ4v) is 1.21. The molecule has 0 spiro atoms. The fraction of sp³-hybridized carbons (Fsp3) is 0.714. The predicted molar refractivity (Wildman–Crippen MR) is 38.7 cm³/mol. The second-order valence-corrected chi connectivity index (χ2v) is 2.76. The molecule has 0 aliphatic carbocycles. The van der Waals surface area contributed by atoms with Gasteiger partial charge in [0.15, 0.2) is 6.09 Å². The fourth-order valence-electron chi connectivity index (χ4n) is 1.21. The molecule has 1 N–H and O–H groups in total. The molecule has 1 rings (SSSR count). The first-order valence-electron chi connectivity index (χ1n) is 3.98. The number of hydrazine groups is 1. The number of carboxylic acid groups (broad SMARTS) is 1. The summed E-state index contributed by atoms with van der Waals surface area (Å²) in [5.74, 6) is -0.170. The Hall–Kier alpha value is -1.26. The number of nitrogens with zero attached hydrogens (tertiary/aromatic N) is 1. The van der Waals surface area contributed by atoms with Gasteiger partial charge < -0.3 is 9.90 Å². The molecule has 0 atom stereocenters. The van der Waals surface area contributed by atoms with E-state index in [0.717, 1.165) is 24.3 Å². The molecule has 1 heterocycles. The summed E-state index contributed by atoms with van der Waals surface area (Å²) >= 11 is 0. The Bertz CT molecular complexity index is 193. The van der Waals surface area contributed by atoms with Gasteiger partial charge in [-0.25, -0.2) is 0 Å². The van der Waals surface area contributed by atoms with E-state index in [1.165, 1.54) is 0 Å². The molecule has 0 bridgehead atoms. The van der Waals surface area contributed by atoms with E-state index in [0.29, 0.717) is 13.0 Å². The standard InChI is InChI=1S/C7H12N2O3/c10-6-4-2-1-3-5-9(6)8-7(11)12/h8H,1-5H2,(H,11,12)/p-1. The van der Waals surface area contributed by atoms with Gasteiger partial charge >= 0.3 is 0 Å². The first kappa shape index (κ1) is 8.83. The van der Waals surface area contributed by atoms with Gasteiger partial charge in [-0.3, -0.25) is 15.2 Å². The Balaban J connectivity index is 2.47. The molecule has 0 aromatic heterocycles. The third-order valence-corrected chi connectivity index (χ3v) is 1.80. The molecule has 68 valence electrons. The molecule has 5 nitrogen and oxygen atoms in total. The van der Waals surface area contributed by atoms with Crippen LogP contribution >= 0.6 is 0 Å². The lowest BCUT2D eigenvalue weighted by atomic mass is 10.2. The number of amides is 2. The largest absolute Gasteiger partial charge is 0.529 e. The van der Waals surface area contributed by atoms with Gasteiger partial charge in [0.1, 0.15) is 0 Å². The SMILES string of the molecule is O=C([O-])NN1CCCCCC1=O. The van der Waals surface area contributed by atoms with Gasteiger partial charge in [-0.1, -0.05) is 6.42 Å². The number of carbonyl (C=O) groups excluding carboxylic acids is 2. The van der Waals surface area contributed by atoms with Crippen molar-refractivity contribution in [2.75, 3.05) is 6.54 Å². The molecule has 0 aromatic rings. The molecule has 1 aliphatic heterocycles. The summed E-state index contributed by atoms with van der Waals surface area (Å²) in [6.07, 6.45) is 1.64. The summed E-state index contributed by atoms with van der Waals surface area (Å²) in [5.41, 5.74) is 1.96. The van der Waals surface area contributed by atoms with Crippen LogP contribution < -0.4 is 10.5 Å². The van der Waals surface area contributed by atoms with Crippen molar-refractivity contribution in [2.24, 2.45) is 0 Å². The minimum absolute atomic E-state index is 0.170. The predicted octanol–water partition coefficient (Wildman–Crippen LogP) is -0.763. The van der Waals surface area contributed by atoms with Gasteiger partial charge in [0.2, 0.25) is 5.91 Å². The van der Waals surface area contributed by atoms with Crippen molar-refractivity contribution in [3.8, 4) is 0 Å². The van der Waals surface area contributed by atoms with Crippen LogP contribution in [0.5, 0.6) is 0 Å². The van der Waals surface area contributed by atoms with Crippen molar-refractivity contribution in [1.29, 1.82) is 0 Å². The third kappa shape index (κ3) is 2.41. The van der Waals surface area contributed by atoms with Gasteiger partial charge in [-0.15, -0.1) is 0 Å². The van der Waals surface area contributed by atoms with Gasteiger partial charge in [-0.05, 0) is 12.8 Å². The molecule has 0 unspecified atom stereocenters. The van der Waals surface area contributed by atoms with Crippen LogP contribution in [0.4, 0.5) is 4.79 Å². The Labute approximate surface area is 70.3 Å². The van der Waals surface area contributed by atoms with Crippen molar-refractivity contribution in [1.82, 2.24) is 10.4 Å². The molecule has 0 aromatic carbocycles. The molecule has 5 heteroatoms. The molecule has 12 heavy (non-hydrogen) atoms. The molecule has 2 amide bonds. The van der Waals surface area contributed by atoms with Crippen LogP contribution in [-0.2, 0) is 4.79 Å². The minimum atomic E-state index is -1.43. The second kappa shape index (κ2) is 3.94. The molecule has 1 aliphatic rings. The molecule has 1 fully saturated rings. The smallest absolute Gasteiger partial charge is 0.240 e. The van der Waals surface area contributed by atoms with E-state index in [1.54, 1.807) is 0 Å². The van der Waals surface area contributed by atoms with E-state index < -0.39 is 6.09 Å². The third-order valence-electron chi connectivity index (χ3n) is 1.80. The topological polar surface area (TPSA) is 72.5 Å². The maximum absolute atomic E-state index is 11.1. The highest BCUT2D eigenvalue weighted by atomic mass is 16.4. The van der Waals surface area contributed by atoms with Crippen LogP contribution in [-0.4, -0.2) is 23.6 Å². The van der Waals surface area contributed by atoms with E-state index >= 15 is 0 Å². The lowest BCUT2D eigenvalue weighted by Gasteiger charge is -2.22. The van der Waals surface area contributed by atoms with Gasteiger partial charge in [0, 0.05) is 13.0 Å². The van der Waals surface area contributed by atoms with Crippen molar-refractivity contribution in [3.63, 3.8) is 0 Å². The second-order valence-electron chi connectivity index (χ2n) is 2.76. The Kier molecular flexibility index (Phi) is 2.90. The summed E-state index contributed by atoms with van der Waals surface area (Å²) in [7, 11) is 0. The first-order valence-corrected chi connectivity index (χ1v) is 3.98. The van der Waals surface area contributed by atoms with Crippen LogP contribution in [0.15, 0.2) is 0 Å². The van der Waals surface area contributed by atoms with Crippen LogP contribution in [0, 0.1) is 0 Å². The van der Waals surface area contributed by atoms with Crippen LogP contribution in [0.1, 0.15) is 25.7 Å². The van der Waals surface area contributed by atoms with Crippen molar-refractivity contribution in [2.45, 2.75) is 25.7 Å². The Morgan fingerprint density at radius 1 is 1.42 bits per heavy atom. The van der Waals surface area contributed by atoms with E-state index in [1.807, 2.05) is 5.43 Å². The number of hydrogen-bond acceptors (Lipinski definition) is 3. The van der Waals surface area contributed by atoms with Crippen LogP contribution in [0.2, 0.25) is 0 Å². The highest BCUT2D eigenvalue weighted by Gasteiger charge is 2.15. The van der Waals surface area contributed by atoms with Crippen LogP contribution in [0.25, 0.3) is 0 Å². The summed E-state index contributed by atoms with van der Waals surface area (Å²) in [5, 5.41) is 11.2. The lowest BCUT2D eigenvalue weighted by molar-refractivity contribution is -0.256. The summed E-state index contributed by atoms with van der Waals surface area (Å²) in [4.78, 5) is 21.2. The van der Waals surface area contributed by atoms with E-state index in [4.69, 9.17) is 0 Å². The Morgan fingerprint density at radius 2 is 2.17 bits per heavy atom. The molecule has 0 radical (unpaired) electrons. The summed E-state index contributed by atoms with van der Waals surface area (Å²) in [6.45, 7) is 0.451. The molecular weight excluding hydrogens is 160 g/mol. The van der Waals surface area contributed by atoms with E-state index in [2.05, 4.69) is 0 Å².